The molecular formula is C17H22ClNO. The van der Waals surface area contributed by atoms with Gasteiger partial charge in [-0.2, -0.15) is 0 Å². The van der Waals surface area contributed by atoms with Crippen molar-refractivity contribution in [1.29, 1.82) is 0 Å². The summed E-state index contributed by atoms with van der Waals surface area (Å²) in [5.74, 6) is 0.825. The van der Waals surface area contributed by atoms with Crippen molar-refractivity contribution < 1.29 is 4.79 Å². The van der Waals surface area contributed by atoms with Crippen molar-refractivity contribution in [2.24, 2.45) is 5.92 Å². The number of anilines is 1. The second-order valence-electron chi connectivity index (χ2n) is 6.14. The number of aryl methyl sites for hydroxylation is 1. The van der Waals surface area contributed by atoms with Gasteiger partial charge in [0.2, 0.25) is 5.91 Å². The lowest BCUT2D eigenvalue weighted by atomic mass is 9.83. The Bertz CT molecular complexity index is 508. The Morgan fingerprint density at radius 1 is 1.20 bits per heavy atom. The predicted octanol–water partition coefficient (Wildman–Crippen LogP) is 4.46. The van der Waals surface area contributed by atoms with Gasteiger partial charge in [-0.15, -0.1) is 11.6 Å². The topological polar surface area (TPSA) is 20.3 Å². The average Bonchev–Trinajstić information content (AvgIpc) is 2.51. The van der Waals surface area contributed by atoms with Crippen LogP contribution in [0.2, 0.25) is 0 Å². The summed E-state index contributed by atoms with van der Waals surface area (Å²) in [4.78, 5) is 13.5. The largest absolute Gasteiger partial charge is 0.315 e. The van der Waals surface area contributed by atoms with Gasteiger partial charge in [-0.25, -0.2) is 0 Å². The number of halogens is 1. The Morgan fingerprint density at radius 3 is 2.70 bits per heavy atom. The number of carbonyl (C=O) groups is 1. The number of alkyl halides is 1. The van der Waals surface area contributed by atoms with Crippen LogP contribution in [-0.2, 0) is 11.2 Å². The van der Waals surface area contributed by atoms with Gasteiger partial charge < -0.3 is 4.90 Å². The summed E-state index contributed by atoms with van der Waals surface area (Å²) in [6, 6.07) is 6.41. The summed E-state index contributed by atoms with van der Waals surface area (Å²) in [6.07, 6.45) is 7.96. The van der Waals surface area contributed by atoms with Gasteiger partial charge in [-0.3, -0.25) is 4.79 Å². The monoisotopic (exact) mass is 291 g/mol. The molecule has 1 fully saturated rings. The van der Waals surface area contributed by atoms with Gasteiger partial charge >= 0.3 is 0 Å². The van der Waals surface area contributed by atoms with Crippen molar-refractivity contribution in [2.45, 2.75) is 50.3 Å². The molecule has 1 heterocycles. The molecule has 0 aromatic heterocycles. The summed E-state index contributed by atoms with van der Waals surface area (Å²) < 4.78 is 0. The first-order valence-corrected chi connectivity index (χ1v) is 8.14. The Labute approximate surface area is 126 Å². The van der Waals surface area contributed by atoms with E-state index in [1.807, 2.05) is 7.05 Å². The number of hydrogen-bond acceptors (Lipinski definition) is 1. The lowest BCUT2D eigenvalue weighted by Crippen LogP contribution is -2.31. The zero-order valence-corrected chi connectivity index (χ0v) is 12.8. The Hall–Kier alpha value is -1.02. The van der Waals surface area contributed by atoms with Crippen LogP contribution in [0.4, 0.5) is 5.69 Å². The van der Waals surface area contributed by atoms with Crippen molar-refractivity contribution in [3.63, 3.8) is 0 Å². The van der Waals surface area contributed by atoms with Crippen LogP contribution in [-0.4, -0.2) is 13.0 Å². The van der Waals surface area contributed by atoms with Gasteiger partial charge in [0.25, 0.3) is 0 Å². The van der Waals surface area contributed by atoms with Crippen molar-refractivity contribution in [2.75, 3.05) is 11.9 Å². The summed E-state index contributed by atoms with van der Waals surface area (Å²) in [6.45, 7) is 0. The number of fused-ring (bicyclic) bond motifs is 1. The van der Waals surface area contributed by atoms with E-state index in [0.717, 1.165) is 12.1 Å². The van der Waals surface area contributed by atoms with E-state index in [0.29, 0.717) is 12.3 Å². The highest BCUT2D eigenvalue weighted by atomic mass is 35.5. The molecular weight excluding hydrogens is 270 g/mol. The number of benzene rings is 1. The van der Waals surface area contributed by atoms with E-state index in [1.54, 1.807) is 4.90 Å². The minimum absolute atomic E-state index is 0.128. The molecule has 0 radical (unpaired) electrons. The molecule has 20 heavy (non-hydrogen) atoms. The molecule has 0 N–H and O–H groups in total. The SMILES string of the molecule is CN1C(=O)CCc2cc(C(Cl)C3CCCCC3)ccc21. The molecule has 1 aliphatic heterocycles. The molecule has 1 atom stereocenters. The van der Waals surface area contributed by atoms with Gasteiger partial charge in [0, 0.05) is 19.2 Å². The zero-order chi connectivity index (χ0) is 14.1. The summed E-state index contributed by atoms with van der Waals surface area (Å²) >= 11 is 6.71. The van der Waals surface area contributed by atoms with Crippen LogP contribution in [0.15, 0.2) is 18.2 Å². The van der Waals surface area contributed by atoms with Crippen LogP contribution in [0.3, 0.4) is 0 Å². The van der Waals surface area contributed by atoms with Crippen LogP contribution in [0, 0.1) is 5.92 Å². The van der Waals surface area contributed by atoms with Crippen molar-refractivity contribution in [1.82, 2.24) is 0 Å². The first-order valence-electron chi connectivity index (χ1n) is 7.70. The first kappa shape index (κ1) is 13.9. The molecule has 3 rings (SSSR count). The normalized spacial score (nSPS) is 21.7. The van der Waals surface area contributed by atoms with Gasteiger partial charge in [0.15, 0.2) is 0 Å². The van der Waals surface area contributed by atoms with Gasteiger partial charge in [-0.1, -0.05) is 31.4 Å². The maximum absolute atomic E-state index is 11.7. The average molecular weight is 292 g/mol. The predicted molar refractivity (Wildman–Crippen MR) is 83.3 cm³/mol. The van der Waals surface area contributed by atoms with Crippen molar-refractivity contribution >= 4 is 23.2 Å². The maximum atomic E-state index is 11.7. The summed E-state index contributed by atoms with van der Waals surface area (Å²) in [7, 11) is 1.86. The summed E-state index contributed by atoms with van der Waals surface area (Å²) in [5.41, 5.74) is 3.56. The van der Waals surface area contributed by atoms with Crippen LogP contribution < -0.4 is 4.90 Å². The van der Waals surface area contributed by atoms with E-state index < -0.39 is 0 Å². The molecule has 1 aliphatic carbocycles. The molecule has 0 spiro atoms. The fourth-order valence-corrected chi connectivity index (χ4v) is 3.93. The molecule has 1 unspecified atom stereocenters. The highest BCUT2D eigenvalue weighted by Crippen LogP contribution is 2.40. The number of carbonyl (C=O) groups excluding carboxylic acids is 1. The van der Waals surface area contributed by atoms with E-state index in [2.05, 4.69) is 18.2 Å². The van der Waals surface area contributed by atoms with Crippen LogP contribution in [0.1, 0.15) is 55.0 Å². The molecule has 1 aromatic carbocycles. The van der Waals surface area contributed by atoms with Crippen LogP contribution in [0.5, 0.6) is 0 Å². The van der Waals surface area contributed by atoms with Crippen molar-refractivity contribution in [3.8, 4) is 0 Å². The van der Waals surface area contributed by atoms with E-state index in [9.17, 15) is 4.79 Å². The third-order valence-corrected chi connectivity index (χ3v) is 5.44. The van der Waals surface area contributed by atoms with Gasteiger partial charge in [0.1, 0.15) is 0 Å². The third-order valence-electron chi connectivity index (χ3n) is 4.83. The summed E-state index contributed by atoms with van der Waals surface area (Å²) in [5, 5.41) is 0.128. The van der Waals surface area contributed by atoms with E-state index in [4.69, 9.17) is 11.6 Å². The highest BCUT2D eigenvalue weighted by Gasteiger charge is 2.26. The Morgan fingerprint density at radius 2 is 1.95 bits per heavy atom. The van der Waals surface area contributed by atoms with Gasteiger partial charge in [0.05, 0.1) is 5.38 Å². The Kier molecular flexibility index (Phi) is 4.02. The zero-order valence-electron chi connectivity index (χ0n) is 12.1. The molecule has 1 aromatic rings. The number of nitrogens with zero attached hydrogens (tertiary/aromatic N) is 1. The molecule has 108 valence electrons. The molecule has 0 saturated heterocycles. The van der Waals surface area contributed by atoms with E-state index in [-0.39, 0.29) is 11.3 Å². The fourth-order valence-electron chi connectivity index (χ4n) is 3.55. The lowest BCUT2D eigenvalue weighted by molar-refractivity contribution is -0.118. The fraction of sp³-hybridized carbons (Fsp3) is 0.588. The van der Waals surface area contributed by atoms with Crippen LogP contribution >= 0.6 is 11.6 Å². The van der Waals surface area contributed by atoms with Crippen LogP contribution in [0.25, 0.3) is 0 Å². The molecule has 1 saturated carbocycles. The van der Waals surface area contributed by atoms with Crippen molar-refractivity contribution in [3.05, 3.63) is 29.3 Å². The second kappa shape index (κ2) is 5.77. The van der Waals surface area contributed by atoms with E-state index in [1.165, 1.54) is 43.2 Å². The highest BCUT2D eigenvalue weighted by molar-refractivity contribution is 6.21. The first-order chi connectivity index (χ1) is 9.66. The molecule has 0 bridgehead atoms. The molecule has 3 heteroatoms. The smallest absolute Gasteiger partial charge is 0.227 e. The minimum atomic E-state index is 0.128. The molecule has 1 amide bonds. The van der Waals surface area contributed by atoms with Gasteiger partial charge in [-0.05, 0) is 42.4 Å². The molecule has 2 nitrogen and oxygen atoms in total. The standard InChI is InChI=1S/C17H22ClNO/c1-19-15-9-7-14(11-13(15)8-10-16(19)20)17(18)12-5-3-2-4-6-12/h7,9,11-12,17H,2-6,8,10H2,1H3. The third kappa shape index (κ3) is 2.58. The second-order valence-corrected chi connectivity index (χ2v) is 6.61. The lowest BCUT2D eigenvalue weighted by Gasteiger charge is -2.29. The Balaban J connectivity index is 1.83. The van der Waals surface area contributed by atoms with E-state index >= 15 is 0 Å². The number of amides is 1. The minimum Gasteiger partial charge on any atom is -0.315 e. The number of hydrogen-bond donors (Lipinski definition) is 0. The number of rotatable bonds is 2. The molecule has 2 aliphatic rings. The quantitative estimate of drug-likeness (QED) is 0.737. The maximum Gasteiger partial charge on any atom is 0.227 e.